The third-order valence-electron chi connectivity index (χ3n) is 3.79. The Bertz CT molecular complexity index is 699. The minimum Gasteiger partial charge on any atom is -0.449 e. The summed E-state index contributed by atoms with van der Waals surface area (Å²) < 4.78 is 5.83. The van der Waals surface area contributed by atoms with E-state index < -0.39 is 6.09 Å². The molecule has 0 aromatic heterocycles. The Morgan fingerprint density at radius 3 is 2.48 bits per heavy atom. The van der Waals surface area contributed by atoms with E-state index in [0.717, 1.165) is 23.1 Å². The molecule has 2 aromatic rings. The molecule has 0 spiro atoms. The van der Waals surface area contributed by atoms with E-state index in [0.29, 0.717) is 18.2 Å². The maximum absolute atomic E-state index is 11.6. The lowest BCUT2D eigenvalue weighted by atomic mass is 10.0. The van der Waals surface area contributed by atoms with Crippen molar-refractivity contribution in [1.29, 1.82) is 0 Å². The molecule has 0 radical (unpaired) electrons. The monoisotopic (exact) mass is 404 g/mol. The highest BCUT2D eigenvalue weighted by Crippen LogP contribution is 2.26. The summed E-state index contributed by atoms with van der Waals surface area (Å²) in [6.45, 7) is 7.51. The molecule has 2 rings (SSSR count). The second-order valence-corrected chi connectivity index (χ2v) is 7.06. The third kappa shape index (κ3) is 6.09. The Kier molecular flexibility index (Phi) is 7.31. The highest BCUT2D eigenvalue weighted by atomic mass is 79.9. The first-order valence-electron chi connectivity index (χ1n) is 8.55. The first kappa shape index (κ1) is 19.3. The topological polar surface area (TPSA) is 50.4 Å². The number of ether oxygens (including phenoxy) is 1. The summed E-state index contributed by atoms with van der Waals surface area (Å²) in [5.74, 6) is 0.544. The number of nitrogens with one attached hydrogen (secondary N) is 2. The minimum atomic E-state index is -0.437. The zero-order valence-corrected chi connectivity index (χ0v) is 16.5. The Hall–Kier alpha value is -2.01. The van der Waals surface area contributed by atoms with Gasteiger partial charge in [-0.1, -0.05) is 45.0 Å². The fourth-order valence-corrected chi connectivity index (χ4v) is 2.77. The predicted molar refractivity (Wildman–Crippen MR) is 107 cm³/mol. The van der Waals surface area contributed by atoms with E-state index in [1.165, 1.54) is 11.1 Å². The predicted octanol–water partition coefficient (Wildman–Crippen LogP) is 6.14. The molecule has 2 N–H and O–H groups in total. The van der Waals surface area contributed by atoms with Crippen molar-refractivity contribution in [3.05, 3.63) is 58.1 Å². The van der Waals surface area contributed by atoms with Gasteiger partial charge in [0.05, 0.1) is 12.3 Å². The van der Waals surface area contributed by atoms with Crippen LogP contribution in [0.4, 0.5) is 16.2 Å². The van der Waals surface area contributed by atoms with Gasteiger partial charge in [-0.05, 0) is 57.6 Å². The van der Waals surface area contributed by atoms with E-state index in [4.69, 9.17) is 4.74 Å². The highest BCUT2D eigenvalue weighted by molar-refractivity contribution is 9.10. The van der Waals surface area contributed by atoms with Gasteiger partial charge in [-0.25, -0.2) is 4.79 Å². The summed E-state index contributed by atoms with van der Waals surface area (Å²) in [4.78, 5) is 11.6. The number of rotatable bonds is 7. The molecule has 0 saturated carbocycles. The van der Waals surface area contributed by atoms with Crippen LogP contribution in [0.5, 0.6) is 0 Å². The fraction of sp³-hybridized carbons (Fsp3) is 0.350. The van der Waals surface area contributed by atoms with Crippen LogP contribution in [0.3, 0.4) is 0 Å². The lowest BCUT2D eigenvalue weighted by Gasteiger charge is -2.12. The van der Waals surface area contributed by atoms with Gasteiger partial charge in [0.2, 0.25) is 0 Å². The highest BCUT2D eigenvalue weighted by Gasteiger charge is 2.07. The molecule has 134 valence electrons. The van der Waals surface area contributed by atoms with Gasteiger partial charge in [0.15, 0.2) is 0 Å². The van der Waals surface area contributed by atoms with Crippen LogP contribution in [0.1, 0.15) is 44.2 Å². The average Bonchev–Trinajstić information content (AvgIpc) is 2.60. The Morgan fingerprint density at radius 2 is 1.88 bits per heavy atom. The van der Waals surface area contributed by atoms with Crippen LogP contribution in [-0.2, 0) is 11.3 Å². The number of carbonyl (C=O) groups excluding carboxylic acids is 1. The number of anilines is 2. The van der Waals surface area contributed by atoms with Gasteiger partial charge in [-0.15, -0.1) is 0 Å². The van der Waals surface area contributed by atoms with Crippen molar-refractivity contribution in [2.75, 3.05) is 17.2 Å². The molecule has 0 atom stereocenters. The van der Waals surface area contributed by atoms with Gasteiger partial charge < -0.3 is 10.1 Å². The summed E-state index contributed by atoms with van der Waals surface area (Å²) >= 11 is 3.49. The van der Waals surface area contributed by atoms with E-state index in [1.54, 1.807) is 0 Å². The number of amides is 1. The Labute approximate surface area is 158 Å². The van der Waals surface area contributed by atoms with Crippen molar-refractivity contribution in [3.63, 3.8) is 0 Å². The van der Waals surface area contributed by atoms with Crippen molar-refractivity contribution in [2.45, 2.75) is 39.7 Å². The molecule has 1 amide bonds. The summed E-state index contributed by atoms with van der Waals surface area (Å²) in [6, 6.07) is 14.4. The largest absolute Gasteiger partial charge is 0.449 e. The molecule has 0 fully saturated rings. The standard InChI is InChI=1S/C20H25BrN2O2/c1-4-11-25-20(24)23-19-10-9-17(12-18(19)21)22-13-15-5-7-16(8-6-15)14(2)3/h5-10,12,14,22H,4,11,13H2,1-3H3,(H,23,24). The van der Waals surface area contributed by atoms with Gasteiger partial charge in [0.1, 0.15) is 0 Å². The van der Waals surface area contributed by atoms with Crippen molar-refractivity contribution >= 4 is 33.4 Å². The summed E-state index contributed by atoms with van der Waals surface area (Å²) in [7, 11) is 0. The van der Waals surface area contributed by atoms with Gasteiger partial charge in [-0.3, -0.25) is 5.32 Å². The minimum absolute atomic E-state index is 0.415. The van der Waals surface area contributed by atoms with Gasteiger partial charge in [-0.2, -0.15) is 0 Å². The first-order chi connectivity index (χ1) is 12.0. The van der Waals surface area contributed by atoms with E-state index in [1.807, 2.05) is 25.1 Å². The zero-order valence-electron chi connectivity index (χ0n) is 14.9. The molecule has 5 heteroatoms. The molecule has 0 aliphatic heterocycles. The lowest BCUT2D eigenvalue weighted by molar-refractivity contribution is 0.161. The zero-order chi connectivity index (χ0) is 18.2. The Morgan fingerprint density at radius 1 is 1.16 bits per heavy atom. The van der Waals surface area contributed by atoms with Crippen LogP contribution in [-0.4, -0.2) is 12.7 Å². The molecular formula is C20H25BrN2O2. The quantitative estimate of drug-likeness (QED) is 0.582. The maximum atomic E-state index is 11.6. The Balaban J connectivity index is 1.92. The van der Waals surface area contributed by atoms with Crippen molar-refractivity contribution < 1.29 is 9.53 Å². The summed E-state index contributed by atoms with van der Waals surface area (Å²) in [5, 5.41) is 6.12. The van der Waals surface area contributed by atoms with Crippen molar-refractivity contribution in [2.24, 2.45) is 0 Å². The second kappa shape index (κ2) is 9.47. The molecule has 0 unspecified atom stereocenters. The summed E-state index contributed by atoms with van der Waals surface area (Å²) in [6.07, 6.45) is 0.365. The molecule has 0 aliphatic carbocycles. The second-order valence-electron chi connectivity index (χ2n) is 6.21. The number of hydrogen-bond donors (Lipinski definition) is 2. The van der Waals surface area contributed by atoms with E-state index in [9.17, 15) is 4.79 Å². The van der Waals surface area contributed by atoms with Crippen LogP contribution in [0.2, 0.25) is 0 Å². The fourth-order valence-electron chi connectivity index (χ4n) is 2.29. The number of benzene rings is 2. The van der Waals surface area contributed by atoms with Crippen molar-refractivity contribution in [3.8, 4) is 0 Å². The first-order valence-corrected chi connectivity index (χ1v) is 9.35. The normalized spacial score (nSPS) is 10.6. The third-order valence-corrected chi connectivity index (χ3v) is 4.44. The molecule has 2 aromatic carbocycles. The smallest absolute Gasteiger partial charge is 0.411 e. The van der Waals surface area contributed by atoms with E-state index in [2.05, 4.69) is 64.7 Å². The van der Waals surface area contributed by atoms with Crippen molar-refractivity contribution in [1.82, 2.24) is 0 Å². The van der Waals surface area contributed by atoms with Crippen LogP contribution < -0.4 is 10.6 Å². The molecule has 25 heavy (non-hydrogen) atoms. The van der Waals surface area contributed by atoms with Crippen LogP contribution >= 0.6 is 15.9 Å². The number of hydrogen-bond acceptors (Lipinski definition) is 3. The van der Waals surface area contributed by atoms with Crippen LogP contribution in [0.25, 0.3) is 0 Å². The molecule has 0 aliphatic rings. The van der Waals surface area contributed by atoms with Crippen LogP contribution in [0, 0.1) is 0 Å². The molecule has 0 heterocycles. The molecular weight excluding hydrogens is 380 g/mol. The number of carbonyl (C=O) groups is 1. The van der Waals surface area contributed by atoms with Gasteiger partial charge >= 0.3 is 6.09 Å². The van der Waals surface area contributed by atoms with Gasteiger partial charge in [0.25, 0.3) is 0 Å². The SMILES string of the molecule is CCCOC(=O)Nc1ccc(NCc2ccc(C(C)C)cc2)cc1Br. The average molecular weight is 405 g/mol. The molecule has 0 saturated heterocycles. The maximum Gasteiger partial charge on any atom is 0.411 e. The number of halogens is 1. The lowest BCUT2D eigenvalue weighted by Crippen LogP contribution is -2.14. The van der Waals surface area contributed by atoms with E-state index in [-0.39, 0.29) is 0 Å². The molecule has 0 bridgehead atoms. The van der Waals surface area contributed by atoms with Crippen LogP contribution in [0.15, 0.2) is 46.9 Å². The summed E-state index contributed by atoms with van der Waals surface area (Å²) in [5.41, 5.74) is 4.24. The van der Waals surface area contributed by atoms with E-state index >= 15 is 0 Å². The van der Waals surface area contributed by atoms with Gasteiger partial charge in [0, 0.05) is 16.7 Å². The molecule has 4 nitrogen and oxygen atoms in total.